The van der Waals surface area contributed by atoms with Crippen LogP contribution in [0.5, 0.6) is 0 Å². The van der Waals surface area contributed by atoms with Gasteiger partial charge in [-0.05, 0) is 45.7 Å². The molecule has 2 aliphatic rings. The Kier molecular flexibility index (Phi) is 4.58. The smallest absolute Gasteiger partial charge is 0.357 e. The Hall–Kier alpha value is -1.95. The van der Waals surface area contributed by atoms with Gasteiger partial charge < -0.3 is 15.0 Å². The molecule has 1 atom stereocenters. The molecule has 1 fully saturated rings. The number of pyridine rings is 1. The number of carbonyl (C=O) groups excluding carboxylic acids is 1. The summed E-state index contributed by atoms with van der Waals surface area (Å²) in [5, 5.41) is 3.34. The fourth-order valence-electron chi connectivity index (χ4n) is 3.07. The maximum absolute atomic E-state index is 12.6. The van der Waals surface area contributed by atoms with Crippen molar-refractivity contribution in [3.8, 4) is 0 Å². The number of fused-ring (bicyclic) bond motifs is 1. The van der Waals surface area contributed by atoms with Crippen molar-refractivity contribution in [2.75, 3.05) is 31.1 Å². The number of anilines is 1. The van der Waals surface area contributed by atoms with E-state index in [0.717, 1.165) is 49.5 Å². The number of esters is 1. The zero-order valence-corrected chi connectivity index (χ0v) is 14.9. The second kappa shape index (κ2) is 6.51. The summed E-state index contributed by atoms with van der Waals surface area (Å²) in [5.41, 5.74) is 1.83. The highest BCUT2D eigenvalue weighted by atomic mass is 16.6. The van der Waals surface area contributed by atoms with Crippen LogP contribution < -0.4 is 10.2 Å². The highest BCUT2D eigenvalue weighted by Gasteiger charge is 2.29. The van der Waals surface area contributed by atoms with E-state index in [2.05, 4.69) is 20.2 Å². The molecular formula is C18H26N4O2. The molecule has 1 saturated heterocycles. The van der Waals surface area contributed by atoms with E-state index in [1.54, 1.807) is 0 Å². The molecule has 1 aromatic rings. The molecule has 0 radical (unpaired) electrons. The summed E-state index contributed by atoms with van der Waals surface area (Å²) >= 11 is 0. The normalized spacial score (nSPS) is 21.1. The standard InChI is InChI=1S/C18H26N4O2/c1-12-9-13-11-20-15(22-7-5-19-6-8-22)10-14(13)16(21-12)17(23)24-18(2,3)4/h10-12,19H,5-9H2,1-4H3. The van der Waals surface area contributed by atoms with Crippen molar-refractivity contribution < 1.29 is 9.53 Å². The summed E-state index contributed by atoms with van der Waals surface area (Å²) in [4.78, 5) is 24.0. The van der Waals surface area contributed by atoms with Gasteiger partial charge in [0.05, 0.1) is 6.04 Å². The van der Waals surface area contributed by atoms with Crippen molar-refractivity contribution >= 4 is 17.5 Å². The summed E-state index contributed by atoms with van der Waals surface area (Å²) in [6, 6.07) is 2.06. The third-order valence-electron chi connectivity index (χ3n) is 4.13. The number of hydrogen-bond donors (Lipinski definition) is 1. The number of rotatable bonds is 2. The largest absolute Gasteiger partial charge is 0.455 e. The van der Waals surface area contributed by atoms with Crippen molar-refractivity contribution in [2.45, 2.75) is 45.8 Å². The molecule has 6 heteroatoms. The second-order valence-electron chi connectivity index (χ2n) is 7.47. The molecule has 0 amide bonds. The Balaban J connectivity index is 1.93. The number of hydrogen-bond acceptors (Lipinski definition) is 6. The molecule has 0 aliphatic carbocycles. The number of piperazine rings is 1. The van der Waals surface area contributed by atoms with E-state index in [0.29, 0.717) is 5.71 Å². The van der Waals surface area contributed by atoms with Gasteiger partial charge in [-0.3, -0.25) is 4.99 Å². The molecule has 3 rings (SSSR count). The van der Waals surface area contributed by atoms with E-state index in [4.69, 9.17) is 4.74 Å². The molecule has 1 N–H and O–H groups in total. The molecule has 2 aliphatic heterocycles. The summed E-state index contributed by atoms with van der Waals surface area (Å²) in [7, 11) is 0. The summed E-state index contributed by atoms with van der Waals surface area (Å²) in [5.74, 6) is 0.550. The van der Waals surface area contributed by atoms with Crippen LogP contribution >= 0.6 is 0 Å². The molecule has 0 aromatic carbocycles. The summed E-state index contributed by atoms with van der Waals surface area (Å²) in [6.07, 6.45) is 2.69. The molecular weight excluding hydrogens is 304 g/mol. The Morgan fingerprint density at radius 3 is 2.71 bits per heavy atom. The maximum Gasteiger partial charge on any atom is 0.357 e. The van der Waals surface area contributed by atoms with Gasteiger partial charge in [0.25, 0.3) is 0 Å². The van der Waals surface area contributed by atoms with E-state index < -0.39 is 5.60 Å². The summed E-state index contributed by atoms with van der Waals surface area (Å²) < 4.78 is 5.55. The molecule has 0 saturated carbocycles. The molecule has 3 heterocycles. The zero-order chi connectivity index (χ0) is 17.3. The zero-order valence-electron chi connectivity index (χ0n) is 14.9. The average molecular weight is 330 g/mol. The number of aliphatic imine (C=N–C) groups is 1. The lowest BCUT2D eigenvalue weighted by Gasteiger charge is -2.30. The lowest BCUT2D eigenvalue weighted by molar-refractivity contribution is -0.146. The van der Waals surface area contributed by atoms with Gasteiger partial charge in [0.1, 0.15) is 11.4 Å². The fourth-order valence-corrected chi connectivity index (χ4v) is 3.07. The Morgan fingerprint density at radius 2 is 2.04 bits per heavy atom. The number of ether oxygens (including phenoxy) is 1. The van der Waals surface area contributed by atoms with Crippen LogP contribution in [0.1, 0.15) is 38.8 Å². The fraction of sp³-hybridized carbons (Fsp3) is 0.611. The highest BCUT2D eigenvalue weighted by Crippen LogP contribution is 2.25. The van der Waals surface area contributed by atoms with Gasteiger partial charge in [-0.1, -0.05) is 0 Å². The quantitative estimate of drug-likeness (QED) is 0.834. The topological polar surface area (TPSA) is 66.8 Å². The van der Waals surface area contributed by atoms with Gasteiger partial charge in [0.2, 0.25) is 0 Å². The first-order valence-corrected chi connectivity index (χ1v) is 8.59. The Morgan fingerprint density at radius 1 is 1.33 bits per heavy atom. The molecule has 6 nitrogen and oxygen atoms in total. The van der Waals surface area contributed by atoms with E-state index in [1.165, 1.54) is 0 Å². The molecule has 24 heavy (non-hydrogen) atoms. The lowest BCUT2D eigenvalue weighted by atomic mass is 9.95. The van der Waals surface area contributed by atoms with Crippen LogP contribution in [0, 0.1) is 0 Å². The predicted octanol–water partition coefficient (Wildman–Crippen LogP) is 1.57. The first-order valence-electron chi connectivity index (χ1n) is 8.59. The minimum Gasteiger partial charge on any atom is -0.455 e. The molecule has 1 aromatic heterocycles. The number of nitrogens with one attached hydrogen (secondary N) is 1. The van der Waals surface area contributed by atoms with Crippen LogP contribution in [0.2, 0.25) is 0 Å². The lowest BCUT2D eigenvalue weighted by Crippen LogP contribution is -2.44. The van der Waals surface area contributed by atoms with Gasteiger partial charge in [-0.25, -0.2) is 9.78 Å². The minimum absolute atomic E-state index is 0.0619. The van der Waals surface area contributed by atoms with Crippen molar-refractivity contribution in [3.63, 3.8) is 0 Å². The molecule has 0 spiro atoms. The third-order valence-corrected chi connectivity index (χ3v) is 4.13. The van der Waals surface area contributed by atoms with Gasteiger partial charge in [-0.15, -0.1) is 0 Å². The average Bonchev–Trinajstić information content (AvgIpc) is 2.53. The van der Waals surface area contributed by atoms with Gasteiger partial charge in [0, 0.05) is 37.9 Å². The van der Waals surface area contributed by atoms with Crippen molar-refractivity contribution in [3.05, 3.63) is 23.4 Å². The molecule has 0 bridgehead atoms. The second-order valence-corrected chi connectivity index (χ2v) is 7.47. The van der Waals surface area contributed by atoms with Crippen LogP contribution in [0.4, 0.5) is 5.82 Å². The monoisotopic (exact) mass is 330 g/mol. The number of nitrogens with zero attached hydrogens (tertiary/aromatic N) is 3. The van der Waals surface area contributed by atoms with Gasteiger partial charge in [0.15, 0.2) is 5.71 Å². The first kappa shape index (κ1) is 16.9. The van der Waals surface area contributed by atoms with Crippen LogP contribution in [0.15, 0.2) is 17.3 Å². The van der Waals surface area contributed by atoms with Crippen molar-refractivity contribution in [2.24, 2.45) is 4.99 Å². The summed E-state index contributed by atoms with van der Waals surface area (Å²) in [6.45, 7) is 11.4. The van der Waals surface area contributed by atoms with E-state index in [1.807, 2.05) is 40.0 Å². The minimum atomic E-state index is -0.533. The highest BCUT2D eigenvalue weighted by molar-refractivity contribution is 6.44. The van der Waals surface area contributed by atoms with E-state index in [-0.39, 0.29) is 12.0 Å². The van der Waals surface area contributed by atoms with Gasteiger partial charge >= 0.3 is 5.97 Å². The van der Waals surface area contributed by atoms with Crippen LogP contribution in [0.25, 0.3) is 0 Å². The van der Waals surface area contributed by atoms with E-state index in [9.17, 15) is 4.79 Å². The van der Waals surface area contributed by atoms with Crippen LogP contribution in [-0.2, 0) is 16.0 Å². The Labute approximate surface area is 143 Å². The third kappa shape index (κ3) is 3.75. The van der Waals surface area contributed by atoms with Crippen LogP contribution in [-0.4, -0.2) is 54.5 Å². The Bertz CT molecular complexity index is 657. The van der Waals surface area contributed by atoms with Crippen molar-refractivity contribution in [1.29, 1.82) is 0 Å². The van der Waals surface area contributed by atoms with Crippen LogP contribution in [0.3, 0.4) is 0 Å². The predicted molar refractivity (Wildman–Crippen MR) is 94.9 cm³/mol. The molecule has 1 unspecified atom stereocenters. The number of carbonyl (C=O) groups is 1. The SMILES string of the molecule is CC1Cc2cnc(N3CCNCC3)cc2C(C(=O)OC(C)(C)C)=N1. The van der Waals surface area contributed by atoms with Gasteiger partial charge in [-0.2, -0.15) is 0 Å². The maximum atomic E-state index is 12.6. The van der Waals surface area contributed by atoms with Crippen molar-refractivity contribution in [1.82, 2.24) is 10.3 Å². The van der Waals surface area contributed by atoms with E-state index >= 15 is 0 Å². The first-order chi connectivity index (χ1) is 11.3. The number of aromatic nitrogens is 1. The molecule has 130 valence electrons.